The minimum atomic E-state index is 0.667. The summed E-state index contributed by atoms with van der Waals surface area (Å²) in [6.07, 6.45) is 2.02. The molecule has 1 aromatic heterocycles. The van der Waals surface area contributed by atoms with Gasteiger partial charge in [0, 0.05) is 12.7 Å². The molecule has 0 bridgehead atoms. The Morgan fingerprint density at radius 2 is 2.00 bits per heavy atom. The summed E-state index contributed by atoms with van der Waals surface area (Å²) in [6, 6.07) is 8.55. The maximum Gasteiger partial charge on any atom is 0.0690 e. The lowest BCUT2D eigenvalue weighted by Gasteiger charge is -2.13. The molecule has 0 aliphatic carbocycles. The van der Waals surface area contributed by atoms with E-state index >= 15 is 0 Å². The van der Waals surface area contributed by atoms with Crippen molar-refractivity contribution < 1.29 is 0 Å². The molecule has 0 spiro atoms. The monoisotopic (exact) mass is 257 g/mol. The lowest BCUT2D eigenvalue weighted by Crippen LogP contribution is -2.20. The molecule has 3 nitrogen and oxygen atoms in total. The Labute approximate surface area is 115 Å². The average Bonchev–Trinajstić information content (AvgIpc) is 2.75. The van der Waals surface area contributed by atoms with Crippen LogP contribution in [0.4, 0.5) is 0 Å². The molecule has 2 aromatic rings. The van der Waals surface area contributed by atoms with E-state index in [0.717, 1.165) is 24.5 Å². The van der Waals surface area contributed by atoms with Crippen LogP contribution in [0.15, 0.2) is 30.5 Å². The van der Waals surface area contributed by atoms with E-state index in [2.05, 4.69) is 49.4 Å². The van der Waals surface area contributed by atoms with E-state index in [1.54, 1.807) is 0 Å². The summed E-state index contributed by atoms with van der Waals surface area (Å²) in [5.74, 6) is 0.667. The van der Waals surface area contributed by atoms with E-state index in [-0.39, 0.29) is 0 Å². The summed E-state index contributed by atoms with van der Waals surface area (Å²) >= 11 is 0. The minimum Gasteiger partial charge on any atom is -0.312 e. The van der Waals surface area contributed by atoms with Crippen LogP contribution >= 0.6 is 0 Å². The Morgan fingerprint density at radius 1 is 1.21 bits per heavy atom. The van der Waals surface area contributed by atoms with Crippen LogP contribution in [0.25, 0.3) is 5.69 Å². The molecule has 0 fully saturated rings. The van der Waals surface area contributed by atoms with Crippen molar-refractivity contribution in [2.75, 3.05) is 6.54 Å². The van der Waals surface area contributed by atoms with Crippen molar-refractivity contribution in [3.05, 3.63) is 47.3 Å². The van der Waals surface area contributed by atoms with Crippen LogP contribution in [0.2, 0.25) is 0 Å². The fourth-order valence-electron chi connectivity index (χ4n) is 2.12. The van der Waals surface area contributed by atoms with Crippen LogP contribution in [-0.2, 0) is 6.54 Å². The fraction of sp³-hybridized carbons (Fsp3) is 0.438. The van der Waals surface area contributed by atoms with Crippen molar-refractivity contribution >= 4 is 0 Å². The first-order chi connectivity index (χ1) is 9.06. The number of benzene rings is 1. The van der Waals surface area contributed by atoms with Crippen LogP contribution in [0.3, 0.4) is 0 Å². The lowest BCUT2D eigenvalue weighted by molar-refractivity contribution is 0.551. The summed E-state index contributed by atoms with van der Waals surface area (Å²) in [5.41, 5.74) is 4.79. The maximum absolute atomic E-state index is 4.50. The van der Waals surface area contributed by atoms with Gasteiger partial charge in [0.2, 0.25) is 0 Å². The molecular formula is C16H23N3. The van der Waals surface area contributed by atoms with Gasteiger partial charge in [-0.05, 0) is 44.0 Å². The number of hydrogen-bond acceptors (Lipinski definition) is 2. The zero-order valence-corrected chi connectivity index (χ0v) is 12.3. The van der Waals surface area contributed by atoms with Crippen molar-refractivity contribution in [1.29, 1.82) is 0 Å². The first kappa shape index (κ1) is 13.8. The van der Waals surface area contributed by atoms with Crippen LogP contribution < -0.4 is 5.32 Å². The summed E-state index contributed by atoms with van der Waals surface area (Å²) in [4.78, 5) is 0. The molecule has 0 saturated heterocycles. The molecule has 3 heteroatoms. The second-order valence-corrected chi connectivity index (χ2v) is 5.56. The largest absolute Gasteiger partial charge is 0.312 e. The Kier molecular flexibility index (Phi) is 4.38. The van der Waals surface area contributed by atoms with Crippen molar-refractivity contribution in [3.8, 4) is 5.69 Å². The molecule has 2 rings (SSSR count). The highest BCUT2D eigenvalue weighted by atomic mass is 15.3. The second-order valence-electron chi connectivity index (χ2n) is 5.56. The molecule has 0 amide bonds. The van der Waals surface area contributed by atoms with E-state index < -0.39 is 0 Å². The van der Waals surface area contributed by atoms with E-state index in [4.69, 9.17) is 0 Å². The molecule has 1 N–H and O–H groups in total. The van der Waals surface area contributed by atoms with Gasteiger partial charge in [0.05, 0.1) is 11.4 Å². The van der Waals surface area contributed by atoms with Crippen molar-refractivity contribution in [2.45, 2.75) is 34.2 Å². The molecule has 1 heterocycles. The number of aromatic nitrogens is 2. The van der Waals surface area contributed by atoms with Crippen molar-refractivity contribution in [3.63, 3.8) is 0 Å². The average molecular weight is 257 g/mol. The normalized spacial score (nSPS) is 11.2. The quantitative estimate of drug-likeness (QED) is 0.891. The molecule has 102 valence electrons. The first-order valence-corrected chi connectivity index (χ1v) is 6.89. The molecule has 1 aromatic carbocycles. The van der Waals surface area contributed by atoms with E-state index in [0.29, 0.717) is 5.92 Å². The summed E-state index contributed by atoms with van der Waals surface area (Å²) in [6.45, 7) is 10.5. The molecule has 0 atom stereocenters. The third kappa shape index (κ3) is 3.67. The molecule has 0 radical (unpaired) electrons. The molecular weight excluding hydrogens is 234 g/mol. The highest BCUT2D eigenvalue weighted by molar-refractivity contribution is 5.43. The van der Waals surface area contributed by atoms with Crippen LogP contribution in [0.5, 0.6) is 0 Å². The van der Waals surface area contributed by atoms with E-state index in [1.807, 2.05) is 23.9 Å². The van der Waals surface area contributed by atoms with Gasteiger partial charge in [-0.2, -0.15) is 5.10 Å². The van der Waals surface area contributed by atoms with Crippen molar-refractivity contribution in [2.24, 2.45) is 5.92 Å². The fourth-order valence-corrected chi connectivity index (χ4v) is 2.12. The highest BCUT2D eigenvalue weighted by Crippen LogP contribution is 2.16. The van der Waals surface area contributed by atoms with Crippen molar-refractivity contribution in [1.82, 2.24) is 15.1 Å². The second kappa shape index (κ2) is 6.02. The molecule has 0 aliphatic heterocycles. The molecule has 0 unspecified atom stereocenters. The zero-order valence-electron chi connectivity index (χ0n) is 12.3. The number of hydrogen-bond donors (Lipinski definition) is 1. The van der Waals surface area contributed by atoms with Crippen LogP contribution in [0, 0.1) is 19.8 Å². The third-order valence-corrected chi connectivity index (χ3v) is 3.07. The van der Waals surface area contributed by atoms with E-state index in [9.17, 15) is 0 Å². The number of rotatable bonds is 5. The summed E-state index contributed by atoms with van der Waals surface area (Å²) in [7, 11) is 0. The van der Waals surface area contributed by atoms with Gasteiger partial charge in [0.25, 0.3) is 0 Å². The topological polar surface area (TPSA) is 29.9 Å². The van der Waals surface area contributed by atoms with Gasteiger partial charge in [-0.25, -0.2) is 4.68 Å². The first-order valence-electron chi connectivity index (χ1n) is 6.89. The smallest absolute Gasteiger partial charge is 0.0690 e. The Balaban J connectivity index is 2.23. The van der Waals surface area contributed by atoms with Gasteiger partial charge in [0.1, 0.15) is 0 Å². The number of nitrogens with one attached hydrogen (secondary N) is 1. The Bertz CT molecular complexity index is 541. The maximum atomic E-state index is 4.50. The van der Waals surface area contributed by atoms with Gasteiger partial charge < -0.3 is 5.32 Å². The summed E-state index contributed by atoms with van der Waals surface area (Å²) in [5, 5.41) is 8.01. The highest BCUT2D eigenvalue weighted by Gasteiger charge is 2.06. The van der Waals surface area contributed by atoms with Gasteiger partial charge >= 0.3 is 0 Å². The van der Waals surface area contributed by atoms with Gasteiger partial charge in [-0.1, -0.05) is 31.5 Å². The van der Waals surface area contributed by atoms with Gasteiger partial charge in [0.15, 0.2) is 0 Å². The van der Waals surface area contributed by atoms with E-state index in [1.165, 1.54) is 11.1 Å². The van der Waals surface area contributed by atoms with Gasteiger partial charge in [-0.15, -0.1) is 0 Å². The Morgan fingerprint density at radius 3 is 2.63 bits per heavy atom. The van der Waals surface area contributed by atoms with Crippen LogP contribution in [-0.4, -0.2) is 16.3 Å². The molecule has 0 saturated carbocycles. The standard InChI is InChI=1S/C16H23N3/c1-12(2)10-17-11-15-9-13(3)5-6-16(15)19-8-7-14(4)18-19/h5-9,12,17H,10-11H2,1-4H3. The van der Waals surface area contributed by atoms with Crippen LogP contribution in [0.1, 0.15) is 30.7 Å². The minimum absolute atomic E-state index is 0.667. The zero-order chi connectivity index (χ0) is 13.8. The SMILES string of the molecule is Cc1ccc(-n2ccc(C)n2)c(CNCC(C)C)c1. The predicted molar refractivity (Wildman–Crippen MR) is 79.6 cm³/mol. The number of aryl methyl sites for hydroxylation is 2. The summed E-state index contributed by atoms with van der Waals surface area (Å²) < 4.78 is 1.96. The van der Waals surface area contributed by atoms with Gasteiger partial charge in [-0.3, -0.25) is 0 Å². The molecule has 19 heavy (non-hydrogen) atoms. The predicted octanol–water partition coefficient (Wildman–Crippen LogP) is 3.23. The molecule has 0 aliphatic rings. The third-order valence-electron chi connectivity index (χ3n) is 3.07. The lowest BCUT2D eigenvalue weighted by atomic mass is 10.1. The number of nitrogens with zero attached hydrogens (tertiary/aromatic N) is 2. The Hall–Kier alpha value is -1.61.